The number of halogens is 1. The van der Waals surface area contributed by atoms with Gasteiger partial charge in [-0.2, -0.15) is 0 Å². The SMILES string of the molecule is Brc1c(Oc2ccccn2)ccc2ccccc12. The third kappa shape index (κ3) is 2.09. The zero-order valence-electron chi connectivity index (χ0n) is 9.51. The zero-order valence-corrected chi connectivity index (χ0v) is 11.1. The lowest BCUT2D eigenvalue weighted by Crippen LogP contribution is -1.88. The van der Waals surface area contributed by atoms with Crippen LogP contribution in [0.4, 0.5) is 0 Å². The second-order valence-electron chi connectivity index (χ2n) is 3.87. The Morgan fingerprint density at radius 1 is 0.889 bits per heavy atom. The molecule has 0 saturated heterocycles. The molecule has 88 valence electrons. The van der Waals surface area contributed by atoms with E-state index in [-0.39, 0.29) is 0 Å². The highest BCUT2D eigenvalue weighted by atomic mass is 79.9. The van der Waals surface area contributed by atoms with Crippen LogP contribution in [0, 0.1) is 0 Å². The molecule has 1 heterocycles. The third-order valence-electron chi connectivity index (χ3n) is 2.68. The van der Waals surface area contributed by atoms with Gasteiger partial charge in [0.2, 0.25) is 5.88 Å². The number of fused-ring (bicyclic) bond motifs is 1. The maximum atomic E-state index is 5.76. The number of hydrogen-bond donors (Lipinski definition) is 0. The number of hydrogen-bond acceptors (Lipinski definition) is 2. The van der Waals surface area contributed by atoms with Gasteiger partial charge in [-0.3, -0.25) is 0 Å². The van der Waals surface area contributed by atoms with Crippen LogP contribution in [-0.4, -0.2) is 4.98 Å². The van der Waals surface area contributed by atoms with Crippen LogP contribution in [0.3, 0.4) is 0 Å². The molecule has 0 fully saturated rings. The van der Waals surface area contributed by atoms with Crippen LogP contribution in [0.5, 0.6) is 11.6 Å². The summed E-state index contributed by atoms with van der Waals surface area (Å²) < 4.78 is 6.71. The first-order chi connectivity index (χ1) is 8.84. The average molecular weight is 300 g/mol. The fourth-order valence-electron chi connectivity index (χ4n) is 1.81. The predicted octanol–water partition coefficient (Wildman–Crippen LogP) is 4.79. The molecule has 0 radical (unpaired) electrons. The summed E-state index contributed by atoms with van der Waals surface area (Å²) in [5.41, 5.74) is 0. The molecule has 0 spiro atoms. The van der Waals surface area contributed by atoms with Gasteiger partial charge in [0.05, 0.1) is 4.47 Å². The van der Waals surface area contributed by atoms with Gasteiger partial charge in [-0.05, 0) is 38.8 Å². The van der Waals surface area contributed by atoms with Crippen molar-refractivity contribution in [1.82, 2.24) is 4.98 Å². The Kier molecular flexibility index (Phi) is 2.99. The van der Waals surface area contributed by atoms with Gasteiger partial charge >= 0.3 is 0 Å². The molecule has 0 bridgehead atoms. The molecule has 3 rings (SSSR count). The van der Waals surface area contributed by atoms with Gasteiger partial charge in [0.1, 0.15) is 5.75 Å². The molecule has 1 aromatic heterocycles. The zero-order chi connectivity index (χ0) is 12.4. The van der Waals surface area contributed by atoms with Crippen molar-refractivity contribution in [3.05, 3.63) is 65.3 Å². The minimum Gasteiger partial charge on any atom is -0.438 e. The van der Waals surface area contributed by atoms with E-state index in [1.807, 2.05) is 42.5 Å². The number of aromatic nitrogens is 1. The third-order valence-corrected chi connectivity index (χ3v) is 3.50. The fourth-order valence-corrected chi connectivity index (χ4v) is 2.39. The highest BCUT2D eigenvalue weighted by Crippen LogP contribution is 2.35. The molecule has 0 aliphatic heterocycles. The molecule has 0 amide bonds. The second-order valence-corrected chi connectivity index (χ2v) is 4.66. The number of benzene rings is 2. The van der Waals surface area contributed by atoms with E-state index in [2.05, 4.69) is 33.0 Å². The molecule has 2 nitrogen and oxygen atoms in total. The van der Waals surface area contributed by atoms with Crippen LogP contribution in [0.2, 0.25) is 0 Å². The number of ether oxygens (including phenoxy) is 1. The minimum atomic E-state index is 0.591. The normalized spacial score (nSPS) is 10.5. The molecular weight excluding hydrogens is 290 g/mol. The van der Waals surface area contributed by atoms with Gasteiger partial charge in [0.25, 0.3) is 0 Å². The van der Waals surface area contributed by atoms with Crippen LogP contribution in [0.15, 0.2) is 65.3 Å². The van der Waals surface area contributed by atoms with E-state index in [1.54, 1.807) is 6.20 Å². The Bertz CT molecular complexity index is 682. The molecule has 0 unspecified atom stereocenters. The molecule has 0 aliphatic rings. The maximum absolute atomic E-state index is 5.76. The second kappa shape index (κ2) is 4.78. The molecule has 0 saturated carbocycles. The van der Waals surface area contributed by atoms with Gasteiger partial charge < -0.3 is 4.74 Å². The van der Waals surface area contributed by atoms with Gasteiger partial charge in [0.15, 0.2) is 0 Å². The molecule has 3 heteroatoms. The van der Waals surface area contributed by atoms with E-state index in [0.717, 1.165) is 15.6 Å². The molecule has 18 heavy (non-hydrogen) atoms. The standard InChI is InChI=1S/C15H10BrNO/c16-15-12-6-2-1-5-11(12)8-9-13(15)18-14-7-3-4-10-17-14/h1-10H. The van der Waals surface area contributed by atoms with Gasteiger partial charge in [-0.15, -0.1) is 0 Å². The van der Waals surface area contributed by atoms with Crippen molar-refractivity contribution in [2.75, 3.05) is 0 Å². The maximum Gasteiger partial charge on any atom is 0.219 e. The van der Waals surface area contributed by atoms with Crippen LogP contribution in [-0.2, 0) is 0 Å². The van der Waals surface area contributed by atoms with Gasteiger partial charge in [-0.1, -0.05) is 36.4 Å². The summed E-state index contributed by atoms with van der Waals surface area (Å²) in [5, 5.41) is 2.31. The number of pyridine rings is 1. The molecular formula is C15H10BrNO. The smallest absolute Gasteiger partial charge is 0.219 e. The first-order valence-electron chi connectivity index (χ1n) is 5.61. The van der Waals surface area contributed by atoms with Crippen LogP contribution in [0.1, 0.15) is 0 Å². The first kappa shape index (κ1) is 11.2. The van der Waals surface area contributed by atoms with E-state index < -0.39 is 0 Å². The lowest BCUT2D eigenvalue weighted by atomic mass is 10.1. The largest absolute Gasteiger partial charge is 0.438 e. The Labute approximate surface area is 113 Å². The Morgan fingerprint density at radius 2 is 1.72 bits per heavy atom. The van der Waals surface area contributed by atoms with E-state index in [1.165, 1.54) is 5.39 Å². The summed E-state index contributed by atoms with van der Waals surface area (Å²) in [4.78, 5) is 4.15. The van der Waals surface area contributed by atoms with Crippen molar-refractivity contribution in [2.45, 2.75) is 0 Å². The highest BCUT2D eigenvalue weighted by molar-refractivity contribution is 9.10. The molecule has 3 aromatic rings. The Morgan fingerprint density at radius 3 is 2.56 bits per heavy atom. The van der Waals surface area contributed by atoms with Crippen LogP contribution in [0.25, 0.3) is 10.8 Å². The number of rotatable bonds is 2. The Hall–Kier alpha value is -1.87. The van der Waals surface area contributed by atoms with E-state index in [0.29, 0.717) is 5.88 Å². The topological polar surface area (TPSA) is 22.1 Å². The molecule has 2 aromatic carbocycles. The monoisotopic (exact) mass is 299 g/mol. The van der Waals surface area contributed by atoms with E-state index in [4.69, 9.17) is 4.74 Å². The van der Waals surface area contributed by atoms with Crippen molar-refractivity contribution >= 4 is 26.7 Å². The lowest BCUT2D eigenvalue weighted by Gasteiger charge is -2.08. The number of nitrogens with zero attached hydrogens (tertiary/aromatic N) is 1. The highest BCUT2D eigenvalue weighted by Gasteiger charge is 2.07. The van der Waals surface area contributed by atoms with E-state index >= 15 is 0 Å². The van der Waals surface area contributed by atoms with Crippen LogP contribution < -0.4 is 4.74 Å². The predicted molar refractivity (Wildman–Crippen MR) is 76.0 cm³/mol. The lowest BCUT2D eigenvalue weighted by molar-refractivity contribution is 0.461. The molecule has 0 aliphatic carbocycles. The summed E-state index contributed by atoms with van der Waals surface area (Å²) in [6.45, 7) is 0. The minimum absolute atomic E-state index is 0.591. The summed E-state index contributed by atoms with van der Waals surface area (Å²) in [6.07, 6.45) is 1.71. The van der Waals surface area contributed by atoms with Gasteiger partial charge in [-0.25, -0.2) is 4.98 Å². The summed E-state index contributed by atoms with van der Waals surface area (Å²) in [7, 11) is 0. The van der Waals surface area contributed by atoms with Crippen molar-refractivity contribution in [3.8, 4) is 11.6 Å². The molecule has 0 N–H and O–H groups in total. The van der Waals surface area contributed by atoms with E-state index in [9.17, 15) is 0 Å². The van der Waals surface area contributed by atoms with Crippen molar-refractivity contribution in [2.24, 2.45) is 0 Å². The van der Waals surface area contributed by atoms with Crippen LogP contribution >= 0.6 is 15.9 Å². The summed E-state index contributed by atoms with van der Waals surface area (Å²) >= 11 is 3.59. The first-order valence-corrected chi connectivity index (χ1v) is 6.40. The van der Waals surface area contributed by atoms with Crippen molar-refractivity contribution in [1.29, 1.82) is 0 Å². The van der Waals surface area contributed by atoms with Crippen molar-refractivity contribution < 1.29 is 4.74 Å². The fraction of sp³-hybridized carbons (Fsp3) is 0. The Balaban J connectivity index is 2.05. The van der Waals surface area contributed by atoms with Gasteiger partial charge in [0, 0.05) is 12.3 Å². The summed E-state index contributed by atoms with van der Waals surface area (Å²) in [6, 6.07) is 17.8. The molecule has 0 atom stereocenters. The summed E-state index contributed by atoms with van der Waals surface area (Å²) in [5.74, 6) is 1.36. The average Bonchev–Trinajstić information content (AvgIpc) is 2.43. The van der Waals surface area contributed by atoms with Crippen molar-refractivity contribution in [3.63, 3.8) is 0 Å². The quantitative estimate of drug-likeness (QED) is 0.679.